The van der Waals surface area contributed by atoms with Gasteiger partial charge >= 0.3 is 0 Å². The van der Waals surface area contributed by atoms with Crippen molar-refractivity contribution in [1.82, 2.24) is 19.9 Å². The Kier molecular flexibility index (Phi) is 5.47. The van der Waals surface area contributed by atoms with Gasteiger partial charge in [0, 0.05) is 42.7 Å². The van der Waals surface area contributed by atoms with Crippen molar-refractivity contribution in [3.63, 3.8) is 0 Å². The number of rotatable bonds is 3. The van der Waals surface area contributed by atoms with Gasteiger partial charge in [-0.2, -0.15) is 0 Å². The third-order valence-electron chi connectivity index (χ3n) is 5.69. The van der Waals surface area contributed by atoms with Crippen molar-refractivity contribution in [3.8, 4) is 11.1 Å². The average Bonchev–Trinajstić information content (AvgIpc) is 3.22. The Labute approximate surface area is 195 Å². The lowest BCUT2D eigenvalue weighted by molar-refractivity contribution is -0.129. The zero-order valence-corrected chi connectivity index (χ0v) is 18.8. The SMILES string of the molecule is NCC(=O)N1CCN(c2ncnc3c(F)c(-c4ccc(F)c5sc(N)nc45)c(Cl)cc23)CC1. The molecule has 0 saturated carbocycles. The number of nitrogens with two attached hydrogens (primary N) is 2. The number of hydrogen-bond donors (Lipinski definition) is 2. The van der Waals surface area contributed by atoms with Gasteiger partial charge in [-0.25, -0.2) is 23.7 Å². The summed E-state index contributed by atoms with van der Waals surface area (Å²) >= 11 is 7.54. The van der Waals surface area contributed by atoms with Crippen molar-refractivity contribution in [3.05, 3.63) is 41.2 Å². The van der Waals surface area contributed by atoms with Crippen molar-refractivity contribution >= 4 is 60.9 Å². The van der Waals surface area contributed by atoms with Crippen molar-refractivity contribution in [2.45, 2.75) is 0 Å². The van der Waals surface area contributed by atoms with Gasteiger partial charge in [-0.05, 0) is 18.2 Å². The molecule has 12 heteroatoms. The van der Waals surface area contributed by atoms with Gasteiger partial charge in [0.15, 0.2) is 10.9 Å². The van der Waals surface area contributed by atoms with Crippen LogP contribution in [-0.2, 0) is 4.79 Å². The fraction of sp³-hybridized carbons (Fsp3) is 0.238. The molecule has 0 radical (unpaired) electrons. The van der Waals surface area contributed by atoms with Gasteiger partial charge in [-0.3, -0.25) is 4.79 Å². The average molecular weight is 490 g/mol. The number of nitrogens with zero attached hydrogens (tertiary/aromatic N) is 5. The van der Waals surface area contributed by atoms with Crippen molar-refractivity contribution in [1.29, 1.82) is 0 Å². The number of halogens is 3. The van der Waals surface area contributed by atoms with E-state index in [1.165, 1.54) is 18.5 Å². The molecule has 5 rings (SSSR count). The smallest absolute Gasteiger partial charge is 0.236 e. The second-order valence-electron chi connectivity index (χ2n) is 7.54. The third kappa shape index (κ3) is 3.62. The first-order chi connectivity index (χ1) is 15.9. The standard InChI is InChI=1S/C21H18ClF2N7OS/c22-12-7-11-17(27-9-28-20(11)31-5-3-30(4-6-31)14(32)8-25)16(24)15(12)10-1-2-13(23)19-18(10)29-21(26)33-19/h1-2,7,9H,3-6,8,25H2,(H2,26,29). The van der Waals surface area contributed by atoms with Gasteiger partial charge in [0.25, 0.3) is 0 Å². The van der Waals surface area contributed by atoms with Crippen molar-refractivity contribution in [2.75, 3.05) is 43.4 Å². The highest BCUT2D eigenvalue weighted by Crippen LogP contribution is 2.42. The molecule has 1 fully saturated rings. The Hall–Kier alpha value is -3.15. The summed E-state index contributed by atoms with van der Waals surface area (Å²) in [4.78, 5) is 28.2. The van der Waals surface area contributed by atoms with E-state index in [-0.39, 0.29) is 43.9 Å². The zero-order valence-electron chi connectivity index (χ0n) is 17.2. The van der Waals surface area contributed by atoms with Gasteiger partial charge in [0.2, 0.25) is 5.91 Å². The van der Waals surface area contributed by atoms with Gasteiger partial charge in [-0.15, -0.1) is 0 Å². The summed E-state index contributed by atoms with van der Waals surface area (Å²) in [7, 11) is 0. The van der Waals surface area contributed by atoms with Crippen LogP contribution in [0.5, 0.6) is 0 Å². The Bertz CT molecular complexity index is 1400. The first kappa shape index (κ1) is 21.7. The topological polar surface area (TPSA) is 114 Å². The van der Waals surface area contributed by atoms with Crippen LogP contribution in [0.25, 0.3) is 32.2 Å². The first-order valence-electron chi connectivity index (χ1n) is 10.1. The quantitative estimate of drug-likeness (QED) is 0.454. The van der Waals surface area contributed by atoms with Crippen LogP contribution in [0.4, 0.5) is 19.7 Å². The first-order valence-corrected chi connectivity index (χ1v) is 11.3. The number of benzene rings is 2. The van der Waals surface area contributed by atoms with Crippen LogP contribution in [0.15, 0.2) is 24.5 Å². The van der Waals surface area contributed by atoms with Crippen LogP contribution in [0, 0.1) is 11.6 Å². The molecule has 4 aromatic rings. The van der Waals surface area contributed by atoms with Gasteiger partial charge in [0.05, 0.1) is 21.8 Å². The highest BCUT2D eigenvalue weighted by molar-refractivity contribution is 7.22. The van der Waals surface area contributed by atoms with Crippen LogP contribution in [-0.4, -0.2) is 58.5 Å². The molecule has 1 amide bonds. The third-order valence-corrected chi connectivity index (χ3v) is 6.88. The second kappa shape index (κ2) is 8.32. The van der Waals surface area contributed by atoms with E-state index in [1.807, 2.05) is 4.90 Å². The van der Waals surface area contributed by atoms with E-state index in [9.17, 15) is 9.18 Å². The van der Waals surface area contributed by atoms with E-state index < -0.39 is 11.6 Å². The summed E-state index contributed by atoms with van der Waals surface area (Å²) in [6, 6.07) is 4.28. The largest absolute Gasteiger partial charge is 0.375 e. The summed E-state index contributed by atoms with van der Waals surface area (Å²) in [5, 5.41) is 0.733. The van der Waals surface area contributed by atoms with E-state index in [4.69, 9.17) is 23.1 Å². The lowest BCUT2D eigenvalue weighted by Crippen LogP contribution is -2.50. The maximum atomic E-state index is 15.8. The lowest BCUT2D eigenvalue weighted by atomic mass is 10.0. The maximum Gasteiger partial charge on any atom is 0.236 e. The van der Waals surface area contributed by atoms with E-state index in [2.05, 4.69) is 15.0 Å². The highest BCUT2D eigenvalue weighted by atomic mass is 35.5. The second-order valence-corrected chi connectivity index (χ2v) is 8.98. The Balaban J connectivity index is 1.61. The van der Waals surface area contributed by atoms with Crippen molar-refractivity contribution in [2.24, 2.45) is 5.73 Å². The van der Waals surface area contributed by atoms with Gasteiger partial charge in [0.1, 0.15) is 23.5 Å². The fourth-order valence-corrected chi connectivity index (χ4v) is 5.16. The minimum Gasteiger partial charge on any atom is -0.375 e. The predicted octanol–water partition coefficient (Wildman–Crippen LogP) is 3.03. The van der Waals surface area contributed by atoms with Crippen LogP contribution in [0.2, 0.25) is 5.02 Å². The summed E-state index contributed by atoms with van der Waals surface area (Å²) in [6.07, 6.45) is 1.29. The minimum absolute atomic E-state index is 0.0404. The molecule has 170 valence electrons. The Morgan fingerprint density at radius 1 is 1.15 bits per heavy atom. The number of piperazine rings is 1. The predicted molar refractivity (Wildman–Crippen MR) is 125 cm³/mol. The Morgan fingerprint density at radius 2 is 1.91 bits per heavy atom. The van der Waals surface area contributed by atoms with Gasteiger partial charge in [-0.1, -0.05) is 22.9 Å². The molecule has 0 atom stereocenters. The molecule has 0 aliphatic carbocycles. The molecule has 1 aliphatic rings. The number of thiazole rings is 1. The van der Waals surface area contributed by atoms with E-state index in [0.29, 0.717) is 42.9 Å². The number of anilines is 2. The molecule has 2 aromatic carbocycles. The number of hydrogen-bond acceptors (Lipinski definition) is 8. The highest BCUT2D eigenvalue weighted by Gasteiger charge is 2.26. The molecule has 0 bridgehead atoms. The van der Waals surface area contributed by atoms with Crippen LogP contribution < -0.4 is 16.4 Å². The van der Waals surface area contributed by atoms with Crippen LogP contribution in [0.1, 0.15) is 0 Å². The molecule has 3 heterocycles. The molecular weight excluding hydrogens is 472 g/mol. The van der Waals surface area contributed by atoms with E-state index in [0.717, 1.165) is 11.3 Å². The molecule has 8 nitrogen and oxygen atoms in total. The maximum absolute atomic E-state index is 15.8. The summed E-state index contributed by atoms with van der Waals surface area (Å²) in [5.74, 6) is -0.738. The van der Waals surface area contributed by atoms with E-state index in [1.54, 1.807) is 11.0 Å². The number of carbonyl (C=O) groups excluding carboxylic acids is 1. The number of carbonyl (C=O) groups is 1. The number of amides is 1. The van der Waals surface area contributed by atoms with Crippen LogP contribution >= 0.6 is 22.9 Å². The normalized spacial score (nSPS) is 14.4. The van der Waals surface area contributed by atoms with Crippen molar-refractivity contribution < 1.29 is 13.6 Å². The van der Waals surface area contributed by atoms with E-state index >= 15 is 4.39 Å². The monoisotopic (exact) mass is 489 g/mol. The summed E-state index contributed by atoms with van der Waals surface area (Å²) in [6.45, 7) is 1.94. The lowest BCUT2D eigenvalue weighted by Gasteiger charge is -2.35. The fourth-order valence-electron chi connectivity index (χ4n) is 4.11. The summed E-state index contributed by atoms with van der Waals surface area (Å²) < 4.78 is 30.3. The molecule has 1 saturated heterocycles. The Morgan fingerprint density at radius 3 is 2.64 bits per heavy atom. The minimum atomic E-state index is -0.655. The molecule has 0 spiro atoms. The molecule has 1 aliphatic heterocycles. The summed E-state index contributed by atoms with van der Waals surface area (Å²) in [5.41, 5.74) is 11.9. The number of fused-ring (bicyclic) bond motifs is 2. The zero-order chi connectivity index (χ0) is 23.3. The number of aromatic nitrogens is 3. The molecule has 2 aromatic heterocycles. The van der Waals surface area contributed by atoms with Gasteiger partial charge < -0.3 is 21.3 Å². The molecule has 4 N–H and O–H groups in total. The van der Waals surface area contributed by atoms with Crippen LogP contribution in [0.3, 0.4) is 0 Å². The molecular formula is C21H18ClF2N7OS. The molecule has 0 unspecified atom stereocenters. The molecule has 33 heavy (non-hydrogen) atoms. The number of nitrogen functional groups attached to an aromatic ring is 1.